The molecule has 7 rings (SSSR count). The Labute approximate surface area is 260 Å². The first-order valence-corrected chi connectivity index (χ1v) is 17.2. The summed E-state index contributed by atoms with van der Waals surface area (Å²) in [4.78, 5) is 2.63. The second-order valence-corrected chi connectivity index (χ2v) is 14.7. The number of benzene rings is 1. The second-order valence-electron chi connectivity index (χ2n) is 13.1. The lowest BCUT2D eigenvalue weighted by molar-refractivity contribution is -0.189. The number of nitrogens with two attached hydrogens (primary N) is 1. The van der Waals surface area contributed by atoms with Crippen LogP contribution in [0.5, 0.6) is 5.75 Å². The first kappa shape index (κ1) is 31.0. The molecular weight excluding hydrogens is 580 g/mol. The van der Waals surface area contributed by atoms with Gasteiger partial charge in [-0.25, -0.2) is 13.6 Å². The molecule has 2 bridgehead atoms. The number of halogens is 1. The van der Waals surface area contributed by atoms with E-state index < -0.39 is 15.6 Å². The van der Waals surface area contributed by atoms with Crippen molar-refractivity contribution in [3.05, 3.63) is 40.5 Å². The van der Waals surface area contributed by atoms with Crippen LogP contribution in [-0.4, -0.2) is 82.3 Å². The van der Waals surface area contributed by atoms with Crippen LogP contribution < -0.4 is 31.1 Å². The van der Waals surface area contributed by atoms with E-state index in [1.54, 1.807) is 20.8 Å². The zero-order chi connectivity index (χ0) is 31.1. The highest BCUT2D eigenvalue weighted by atomic mass is 32.2. The topological polar surface area (TPSA) is 111 Å². The molecule has 236 valence electrons. The number of sulfonamides is 1. The third kappa shape index (κ3) is 6.96. The monoisotopic (exact) mass is 623 g/mol. The summed E-state index contributed by atoms with van der Waals surface area (Å²) in [6.45, 7) is 4.27. The standard InChI is InChI=1S/C32H43BFN5O4S/c1-32(33,34)20-39-23(5-4-14-36-29-13-12-26(44(35,40)41)17-31(29)42-2)15-27-28(6-3-7-30(27)39)37-21-8-10-22(11-9-21)38-18-24-16-25(19-38)43-24/h7,12-13,15,17,21-22,24-25,36-37H,3,6,8-11,14,16,18-20,33H2,1-2H3,(H2,35,40,41). The van der Waals surface area contributed by atoms with Crippen molar-refractivity contribution in [1.29, 1.82) is 0 Å². The summed E-state index contributed by atoms with van der Waals surface area (Å²) in [6, 6.07) is 7.61. The Morgan fingerprint density at radius 1 is 1.20 bits per heavy atom. The van der Waals surface area contributed by atoms with Crippen molar-refractivity contribution in [3.63, 3.8) is 0 Å². The lowest BCUT2D eigenvalue weighted by Crippen LogP contribution is -2.60. The number of primary sulfonamides is 1. The molecule has 1 aromatic carbocycles. The highest BCUT2D eigenvalue weighted by molar-refractivity contribution is 7.89. The maximum Gasteiger partial charge on any atom is 0.238 e. The predicted molar refractivity (Wildman–Crippen MR) is 173 cm³/mol. The molecule has 9 nitrogen and oxygen atoms in total. The fourth-order valence-electron chi connectivity index (χ4n) is 7.10. The van der Waals surface area contributed by atoms with E-state index in [0.29, 0.717) is 35.7 Å². The van der Waals surface area contributed by atoms with Crippen molar-refractivity contribution in [1.82, 2.24) is 14.8 Å². The fraction of sp³-hybridized carbons (Fsp3) is 0.562. The number of fused-ring (bicyclic) bond motifs is 3. The number of aromatic nitrogens is 1. The number of morpholine rings is 1. The molecular formula is C32H43BFN5O4S. The third-order valence-corrected chi connectivity index (χ3v) is 10.1. The zero-order valence-electron chi connectivity index (χ0n) is 25.9. The fourth-order valence-corrected chi connectivity index (χ4v) is 7.63. The summed E-state index contributed by atoms with van der Waals surface area (Å²) in [7, 11) is -0.783. The summed E-state index contributed by atoms with van der Waals surface area (Å²) >= 11 is 0. The van der Waals surface area contributed by atoms with Gasteiger partial charge in [-0.3, -0.25) is 9.29 Å². The van der Waals surface area contributed by atoms with Crippen LogP contribution in [0.2, 0.25) is 0 Å². The third-order valence-electron chi connectivity index (χ3n) is 9.19. The Hall–Kier alpha value is -2.98. The number of hydrogen-bond donors (Lipinski definition) is 3. The van der Waals surface area contributed by atoms with Crippen LogP contribution in [0.15, 0.2) is 29.2 Å². The van der Waals surface area contributed by atoms with E-state index in [-0.39, 0.29) is 18.0 Å². The molecule has 2 aliphatic carbocycles. The highest BCUT2D eigenvalue weighted by Gasteiger charge is 2.41. The molecule has 2 aromatic rings. The molecule has 0 amide bonds. The molecule has 0 radical (unpaired) electrons. The van der Waals surface area contributed by atoms with Gasteiger partial charge in [0.05, 0.1) is 47.7 Å². The number of rotatable bonds is 9. The Kier molecular flexibility index (Phi) is 8.77. The van der Waals surface area contributed by atoms with Gasteiger partial charge < -0.3 is 24.7 Å². The Morgan fingerprint density at radius 2 is 1.93 bits per heavy atom. The van der Waals surface area contributed by atoms with Crippen LogP contribution in [0.3, 0.4) is 0 Å². The Morgan fingerprint density at radius 3 is 2.59 bits per heavy atom. The lowest BCUT2D eigenvalue weighted by atomic mass is 9.85. The van der Waals surface area contributed by atoms with Crippen LogP contribution in [0.4, 0.5) is 10.1 Å². The molecule has 3 aliphatic heterocycles. The van der Waals surface area contributed by atoms with E-state index in [9.17, 15) is 8.42 Å². The van der Waals surface area contributed by atoms with Crippen LogP contribution in [0.25, 0.3) is 11.8 Å². The van der Waals surface area contributed by atoms with Gasteiger partial charge in [0.15, 0.2) is 7.85 Å². The smallest absolute Gasteiger partial charge is 0.238 e. The second kappa shape index (κ2) is 12.4. The van der Waals surface area contributed by atoms with Crippen molar-refractivity contribution < 1.29 is 22.3 Å². The van der Waals surface area contributed by atoms with Gasteiger partial charge in [-0.1, -0.05) is 12.0 Å². The Balaban J connectivity index is 1.18. The minimum atomic E-state index is -3.84. The molecule has 0 spiro atoms. The number of hydrogen-bond acceptors (Lipinski definition) is 7. The van der Waals surface area contributed by atoms with Gasteiger partial charge in [-0.2, -0.15) is 0 Å². The molecule has 1 aromatic heterocycles. The molecule has 1 saturated carbocycles. The molecule has 3 unspecified atom stereocenters. The molecule has 4 N–H and O–H groups in total. The number of piperidine rings is 1. The SMILES string of the molecule is BC(C)(F)Cn1c(C#CCNc2ccc(S(N)(=O)=O)cc2OC)cc2c1=CCCC=2NC1CCC(N2CC3CC(C2)O3)CC1. The van der Waals surface area contributed by atoms with Crippen molar-refractivity contribution in [2.24, 2.45) is 5.14 Å². The van der Waals surface area contributed by atoms with Gasteiger partial charge >= 0.3 is 0 Å². The predicted octanol–water partition coefficient (Wildman–Crippen LogP) is 0.983. The van der Waals surface area contributed by atoms with Crippen molar-refractivity contribution in [2.75, 3.05) is 32.1 Å². The number of alkyl halides is 1. The maximum atomic E-state index is 15.0. The quantitative estimate of drug-likeness (QED) is 0.282. The van der Waals surface area contributed by atoms with Crippen LogP contribution >= 0.6 is 0 Å². The minimum absolute atomic E-state index is 0.0263. The van der Waals surface area contributed by atoms with E-state index in [1.165, 1.54) is 44.2 Å². The van der Waals surface area contributed by atoms with Crippen molar-refractivity contribution >= 4 is 35.3 Å². The summed E-state index contributed by atoms with van der Waals surface area (Å²) in [6.07, 6.45) is 10.9. The Bertz CT molecular complexity index is 1670. The molecule has 44 heavy (non-hydrogen) atoms. The number of methoxy groups -OCH3 is 1. The molecule has 4 heterocycles. The van der Waals surface area contributed by atoms with E-state index in [0.717, 1.165) is 55.0 Å². The average molecular weight is 624 g/mol. The minimum Gasteiger partial charge on any atom is -0.495 e. The molecule has 4 fully saturated rings. The summed E-state index contributed by atoms with van der Waals surface area (Å²) in [5.41, 5.74) is 1.19. The maximum absolute atomic E-state index is 15.0. The first-order valence-electron chi connectivity index (χ1n) is 15.7. The van der Waals surface area contributed by atoms with Gasteiger partial charge in [0.2, 0.25) is 10.0 Å². The number of ether oxygens (including phenoxy) is 2. The molecule has 12 heteroatoms. The van der Waals surface area contributed by atoms with Crippen molar-refractivity contribution in [3.8, 4) is 17.6 Å². The molecule has 3 atom stereocenters. The number of nitrogens with one attached hydrogen (secondary N) is 2. The van der Waals surface area contributed by atoms with E-state index in [1.807, 2.05) is 4.57 Å². The summed E-state index contributed by atoms with van der Waals surface area (Å²) in [5, 5.41) is 14.5. The first-order chi connectivity index (χ1) is 21.0. The van der Waals surface area contributed by atoms with Gasteiger partial charge in [0.25, 0.3) is 0 Å². The van der Waals surface area contributed by atoms with Gasteiger partial charge in [0.1, 0.15) is 5.75 Å². The lowest BCUT2D eigenvalue weighted by Gasteiger charge is -2.50. The van der Waals surface area contributed by atoms with Gasteiger partial charge in [-0.05, 0) is 69.6 Å². The average Bonchev–Trinajstić information content (AvgIpc) is 3.31. The number of anilines is 1. The van der Waals surface area contributed by atoms with E-state index in [4.69, 9.17) is 14.6 Å². The largest absolute Gasteiger partial charge is 0.495 e. The van der Waals surface area contributed by atoms with Crippen molar-refractivity contribution in [2.45, 2.75) is 93.2 Å². The normalized spacial score (nSPS) is 26.2. The number of nitrogens with zero attached hydrogens (tertiary/aromatic N) is 2. The van der Waals surface area contributed by atoms with Crippen LogP contribution in [0.1, 0.15) is 57.6 Å². The summed E-state index contributed by atoms with van der Waals surface area (Å²) < 4.78 is 51.6. The highest BCUT2D eigenvalue weighted by Crippen LogP contribution is 2.33. The molecule has 3 saturated heterocycles. The summed E-state index contributed by atoms with van der Waals surface area (Å²) in [5.74, 6) is 6.77. The van der Waals surface area contributed by atoms with Crippen LogP contribution in [0, 0.1) is 11.8 Å². The van der Waals surface area contributed by atoms with E-state index >= 15 is 4.39 Å². The van der Waals surface area contributed by atoms with E-state index in [2.05, 4.69) is 39.5 Å². The van der Waals surface area contributed by atoms with Crippen LogP contribution in [-0.2, 0) is 21.3 Å². The van der Waals surface area contributed by atoms with Gasteiger partial charge in [0, 0.05) is 60.5 Å². The van der Waals surface area contributed by atoms with Gasteiger partial charge in [-0.15, -0.1) is 0 Å². The molecule has 5 aliphatic rings. The zero-order valence-corrected chi connectivity index (χ0v) is 26.7.